The maximum atomic E-state index is 12.7. The Morgan fingerprint density at radius 3 is 2.66 bits per heavy atom. The van der Waals surface area contributed by atoms with Crippen LogP contribution in [-0.2, 0) is 4.79 Å². The van der Waals surface area contributed by atoms with E-state index in [4.69, 9.17) is 9.26 Å². The summed E-state index contributed by atoms with van der Waals surface area (Å²) in [6, 6.07) is 15.8. The third kappa shape index (κ3) is 5.32. The number of aromatic nitrogens is 2. The Labute approximate surface area is 186 Å². The Bertz CT molecular complexity index is 1060. The predicted octanol–water partition coefficient (Wildman–Crippen LogP) is 3.62. The van der Waals surface area contributed by atoms with Gasteiger partial charge in [0.1, 0.15) is 11.8 Å². The average molecular weight is 434 g/mol. The Morgan fingerprint density at radius 2 is 1.88 bits per heavy atom. The van der Waals surface area contributed by atoms with E-state index in [0.29, 0.717) is 23.0 Å². The van der Waals surface area contributed by atoms with Crippen molar-refractivity contribution in [2.45, 2.75) is 32.2 Å². The molecular formula is C24H26N4O4. The summed E-state index contributed by atoms with van der Waals surface area (Å²) in [5.74, 6) is 0.926. The highest BCUT2D eigenvalue weighted by Crippen LogP contribution is 2.19. The molecule has 4 rings (SSSR count). The molecule has 1 aromatic heterocycles. The van der Waals surface area contributed by atoms with Crippen molar-refractivity contribution in [3.8, 4) is 17.1 Å². The van der Waals surface area contributed by atoms with E-state index >= 15 is 0 Å². The zero-order chi connectivity index (χ0) is 22.3. The summed E-state index contributed by atoms with van der Waals surface area (Å²) in [4.78, 5) is 31.2. The molecule has 32 heavy (non-hydrogen) atoms. The molecule has 0 radical (unpaired) electrons. The molecule has 8 heteroatoms. The van der Waals surface area contributed by atoms with Crippen molar-refractivity contribution >= 4 is 11.8 Å². The molecule has 0 saturated carbocycles. The molecule has 8 nitrogen and oxygen atoms in total. The van der Waals surface area contributed by atoms with Gasteiger partial charge in [-0.2, -0.15) is 4.98 Å². The first-order valence-corrected chi connectivity index (χ1v) is 10.8. The summed E-state index contributed by atoms with van der Waals surface area (Å²) in [6.07, 6.45) is 3.23. The van der Waals surface area contributed by atoms with E-state index in [1.807, 2.05) is 35.2 Å². The first-order chi connectivity index (χ1) is 15.6. The van der Waals surface area contributed by atoms with Gasteiger partial charge in [0.2, 0.25) is 11.7 Å². The van der Waals surface area contributed by atoms with Crippen molar-refractivity contribution in [3.63, 3.8) is 0 Å². The lowest BCUT2D eigenvalue weighted by Crippen LogP contribution is -2.38. The van der Waals surface area contributed by atoms with Gasteiger partial charge in [-0.05, 0) is 44.4 Å². The van der Waals surface area contributed by atoms with E-state index in [1.54, 1.807) is 31.2 Å². The van der Waals surface area contributed by atoms with E-state index < -0.39 is 6.04 Å². The first-order valence-electron chi connectivity index (χ1n) is 10.8. The minimum Gasteiger partial charge on any atom is -0.484 e. The quantitative estimate of drug-likeness (QED) is 0.610. The molecule has 2 amide bonds. The van der Waals surface area contributed by atoms with Gasteiger partial charge in [0.25, 0.3) is 11.8 Å². The van der Waals surface area contributed by atoms with Crippen molar-refractivity contribution < 1.29 is 18.8 Å². The third-order valence-electron chi connectivity index (χ3n) is 5.36. The van der Waals surface area contributed by atoms with Gasteiger partial charge in [-0.1, -0.05) is 41.6 Å². The molecule has 2 heterocycles. The highest BCUT2D eigenvalue weighted by atomic mass is 16.5. The van der Waals surface area contributed by atoms with Gasteiger partial charge < -0.3 is 19.5 Å². The number of carbonyl (C=O) groups excluding carboxylic acids is 2. The molecule has 3 aromatic rings. The van der Waals surface area contributed by atoms with Crippen LogP contribution in [0.15, 0.2) is 59.1 Å². The second kappa shape index (κ2) is 10.1. The zero-order valence-corrected chi connectivity index (χ0v) is 18.0. The van der Waals surface area contributed by atoms with E-state index in [2.05, 4.69) is 15.5 Å². The summed E-state index contributed by atoms with van der Waals surface area (Å²) in [6.45, 7) is 3.30. The third-order valence-corrected chi connectivity index (χ3v) is 5.36. The number of nitrogens with zero attached hydrogens (tertiary/aromatic N) is 3. The van der Waals surface area contributed by atoms with Gasteiger partial charge in [-0.15, -0.1) is 0 Å². The number of amides is 2. The smallest absolute Gasteiger partial charge is 0.260 e. The fraction of sp³-hybridized carbons (Fsp3) is 0.333. The molecule has 0 aliphatic carbocycles. The molecule has 1 N–H and O–H groups in total. The van der Waals surface area contributed by atoms with Crippen LogP contribution >= 0.6 is 0 Å². The number of benzene rings is 2. The van der Waals surface area contributed by atoms with Crippen molar-refractivity contribution in [1.29, 1.82) is 0 Å². The Kier molecular flexibility index (Phi) is 6.79. The molecule has 0 bridgehead atoms. The lowest BCUT2D eigenvalue weighted by molar-refractivity contribution is -0.134. The van der Waals surface area contributed by atoms with E-state index in [9.17, 15) is 9.59 Å². The second-order valence-electron chi connectivity index (χ2n) is 7.78. The van der Waals surface area contributed by atoms with Gasteiger partial charge >= 0.3 is 0 Å². The summed E-state index contributed by atoms with van der Waals surface area (Å²) in [7, 11) is 0. The fourth-order valence-corrected chi connectivity index (χ4v) is 3.56. The maximum absolute atomic E-state index is 12.7. The van der Waals surface area contributed by atoms with Crippen LogP contribution < -0.4 is 10.1 Å². The minimum absolute atomic E-state index is 0.0289. The highest BCUT2D eigenvalue weighted by molar-refractivity contribution is 5.94. The number of hydrogen-bond acceptors (Lipinski definition) is 6. The van der Waals surface area contributed by atoms with Crippen molar-refractivity contribution in [1.82, 2.24) is 20.4 Å². The summed E-state index contributed by atoms with van der Waals surface area (Å²) >= 11 is 0. The number of ether oxygens (including phenoxy) is 1. The lowest BCUT2D eigenvalue weighted by atomic mass is 10.1. The number of hydrogen-bond donors (Lipinski definition) is 1. The van der Waals surface area contributed by atoms with Gasteiger partial charge in [-0.3, -0.25) is 9.59 Å². The molecule has 1 saturated heterocycles. The van der Waals surface area contributed by atoms with Crippen LogP contribution in [0.1, 0.15) is 48.5 Å². The molecule has 1 aliphatic heterocycles. The monoisotopic (exact) mass is 434 g/mol. The van der Waals surface area contributed by atoms with Crippen LogP contribution in [0.4, 0.5) is 0 Å². The fourth-order valence-electron chi connectivity index (χ4n) is 3.56. The summed E-state index contributed by atoms with van der Waals surface area (Å²) in [5.41, 5.74) is 1.26. The minimum atomic E-state index is -0.474. The van der Waals surface area contributed by atoms with Crippen LogP contribution in [0.3, 0.4) is 0 Å². The van der Waals surface area contributed by atoms with E-state index in [1.165, 1.54) is 0 Å². The Morgan fingerprint density at radius 1 is 1.09 bits per heavy atom. The SMILES string of the molecule is C[C@H](NC(=O)c1cccc(OCC(=O)N2CCCCC2)c1)c1nc(-c2ccccc2)no1. The largest absolute Gasteiger partial charge is 0.484 e. The van der Waals surface area contributed by atoms with E-state index in [0.717, 1.165) is 37.9 Å². The normalized spacial score (nSPS) is 14.6. The van der Waals surface area contributed by atoms with Crippen LogP contribution in [0.2, 0.25) is 0 Å². The Hall–Kier alpha value is -3.68. The number of carbonyl (C=O) groups is 2. The van der Waals surface area contributed by atoms with Crippen molar-refractivity contribution in [2.24, 2.45) is 0 Å². The molecule has 1 atom stereocenters. The van der Waals surface area contributed by atoms with Gasteiger partial charge in [0.15, 0.2) is 6.61 Å². The molecule has 0 unspecified atom stereocenters. The number of piperidine rings is 1. The topological polar surface area (TPSA) is 97.6 Å². The van der Waals surface area contributed by atoms with Crippen molar-refractivity contribution in [2.75, 3.05) is 19.7 Å². The predicted molar refractivity (Wildman–Crippen MR) is 118 cm³/mol. The van der Waals surface area contributed by atoms with Crippen LogP contribution in [-0.4, -0.2) is 46.6 Å². The summed E-state index contributed by atoms with van der Waals surface area (Å²) < 4.78 is 11.0. The standard InChI is InChI=1S/C24H26N4O4/c1-17(24-26-22(27-32-24)18-9-4-2-5-10-18)25-23(30)19-11-8-12-20(15-19)31-16-21(29)28-13-6-3-7-14-28/h2,4-5,8-12,15,17H,3,6-7,13-14,16H2,1H3,(H,25,30)/t17-/m0/s1. The van der Waals surface area contributed by atoms with Crippen LogP contribution in [0.5, 0.6) is 5.75 Å². The molecule has 1 aliphatic rings. The second-order valence-corrected chi connectivity index (χ2v) is 7.78. The molecule has 1 fully saturated rings. The maximum Gasteiger partial charge on any atom is 0.260 e. The highest BCUT2D eigenvalue weighted by Gasteiger charge is 2.19. The first kappa shape index (κ1) is 21.5. The molecular weight excluding hydrogens is 408 g/mol. The van der Waals surface area contributed by atoms with Crippen LogP contribution in [0.25, 0.3) is 11.4 Å². The number of nitrogens with one attached hydrogen (secondary N) is 1. The molecule has 166 valence electrons. The van der Waals surface area contributed by atoms with Crippen LogP contribution in [0, 0.1) is 0 Å². The van der Waals surface area contributed by atoms with Gasteiger partial charge in [-0.25, -0.2) is 0 Å². The van der Waals surface area contributed by atoms with Gasteiger partial charge in [0.05, 0.1) is 0 Å². The van der Waals surface area contributed by atoms with Gasteiger partial charge in [0, 0.05) is 24.2 Å². The van der Waals surface area contributed by atoms with E-state index in [-0.39, 0.29) is 18.4 Å². The summed E-state index contributed by atoms with van der Waals surface area (Å²) in [5, 5.41) is 6.84. The van der Waals surface area contributed by atoms with Crippen molar-refractivity contribution in [3.05, 3.63) is 66.1 Å². The zero-order valence-electron chi connectivity index (χ0n) is 18.0. The number of rotatable bonds is 7. The number of likely N-dealkylation sites (tertiary alicyclic amines) is 1. The molecule has 2 aromatic carbocycles. The Balaban J connectivity index is 1.34. The molecule has 0 spiro atoms. The lowest BCUT2D eigenvalue weighted by Gasteiger charge is -2.26. The average Bonchev–Trinajstić information content (AvgIpc) is 3.34.